The van der Waals surface area contributed by atoms with E-state index in [1.54, 1.807) is 6.07 Å². The predicted molar refractivity (Wildman–Crippen MR) is 59.3 cm³/mol. The lowest BCUT2D eigenvalue weighted by molar-refractivity contribution is -0.384. The zero-order valence-corrected chi connectivity index (χ0v) is 8.70. The number of nitro groups is 1. The number of nitrogen functional groups attached to an aromatic ring is 1. The first-order valence-corrected chi connectivity index (χ1v) is 4.02. The van der Waals surface area contributed by atoms with Crippen molar-refractivity contribution in [3.63, 3.8) is 0 Å². The summed E-state index contributed by atoms with van der Waals surface area (Å²) in [4.78, 5) is 9.94. The Morgan fingerprint density at radius 3 is 2.67 bits per heavy atom. The maximum absolute atomic E-state index is 10.5. The fraction of sp³-hybridized carbons (Fsp3) is 0.250. The van der Waals surface area contributed by atoms with Crippen molar-refractivity contribution in [1.29, 1.82) is 0 Å². The fourth-order valence-electron chi connectivity index (χ4n) is 0.948. The number of hydrogen-bond acceptors (Lipinski definition) is 5. The lowest BCUT2D eigenvalue weighted by Crippen LogP contribution is -2.10. The topological polar surface area (TPSA) is 104 Å². The van der Waals surface area contributed by atoms with Gasteiger partial charge in [0.2, 0.25) is 0 Å². The average molecular weight is 234 g/mol. The molecule has 0 fully saturated rings. The van der Waals surface area contributed by atoms with Gasteiger partial charge in [-0.1, -0.05) is 0 Å². The molecule has 84 valence electrons. The number of anilines is 1. The quantitative estimate of drug-likeness (QED) is 0.457. The summed E-state index contributed by atoms with van der Waals surface area (Å²) in [6.45, 7) is 0.680. The van der Waals surface area contributed by atoms with Gasteiger partial charge in [-0.2, -0.15) is 0 Å². The molecule has 1 aromatic carbocycles. The Morgan fingerprint density at radius 1 is 1.47 bits per heavy atom. The number of nitrogens with zero attached hydrogens (tertiary/aromatic N) is 1. The largest absolute Gasteiger partial charge is 0.492 e. The molecule has 1 rings (SSSR count). The molecule has 0 aliphatic rings. The first-order chi connectivity index (χ1) is 6.65. The third-order valence-corrected chi connectivity index (χ3v) is 1.59. The summed E-state index contributed by atoms with van der Waals surface area (Å²) >= 11 is 0. The molecule has 15 heavy (non-hydrogen) atoms. The second kappa shape index (κ2) is 6.05. The standard InChI is InChI=1S/C8H11N3O3.ClH/c9-3-4-14-6-1-2-7(10)8(5-6)11(12)13;/h1-2,5H,3-4,9-10H2;1H. The average Bonchev–Trinajstić information content (AvgIpc) is 2.16. The van der Waals surface area contributed by atoms with E-state index in [4.69, 9.17) is 16.2 Å². The molecule has 1 aromatic rings. The minimum Gasteiger partial charge on any atom is -0.492 e. The van der Waals surface area contributed by atoms with Crippen LogP contribution in [0.3, 0.4) is 0 Å². The SMILES string of the molecule is Cl.NCCOc1ccc(N)c([N+](=O)[O-])c1. The van der Waals surface area contributed by atoms with Crippen LogP contribution >= 0.6 is 12.4 Å². The summed E-state index contributed by atoms with van der Waals surface area (Å²) in [5.41, 5.74) is 10.6. The molecule has 0 aliphatic heterocycles. The van der Waals surface area contributed by atoms with Gasteiger partial charge in [0.15, 0.2) is 0 Å². The number of halogens is 1. The van der Waals surface area contributed by atoms with E-state index in [1.807, 2.05) is 0 Å². The van der Waals surface area contributed by atoms with E-state index < -0.39 is 4.92 Å². The van der Waals surface area contributed by atoms with Crippen LogP contribution in [0, 0.1) is 10.1 Å². The highest BCUT2D eigenvalue weighted by atomic mass is 35.5. The Labute approximate surface area is 92.8 Å². The highest BCUT2D eigenvalue weighted by Gasteiger charge is 2.11. The van der Waals surface area contributed by atoms with E-state index in [9.17, 15) is 10.1 Å². The molecular weight excluding hydrogens is 222 g/mol. The highest BCUT2D eigenvalue weighted by Crippen LogP contribution is 2.26. The van der Waals surface area contributed by atoms with Gasteiger partial charge in [-0.05, 0) is 12.1 Å². The minimum atomic E-state index is -0.551. The van der Waals surface area contributed by atoms with Crippen molar-refractivity contribution in [3.8, 4) is 5.75 Å². The second-order valence-corrected chi connectivity index (χ2v) is 2.61. The van der Waals surface area contributed by atoms with Crippen LogP contribution in [0.15, 0.2) is 18.2 Å². The van der Waals surface area contributed by atoms with Crippen LogP contribution in [0.5, 0.6) is 5.75 Å². The molecule has 0 saturated heterocycles. The van der Waals surface area contributed by atoms with Gasteiger partial charge < -0.3 is 16.2 Å². The van der Waals surface area contributed by atoms with Gasteiger partial charge in [-0.25, -0.2) is 0 Å². The summed E-state index contributed by atoms with van der Waals surface area (Å²) in [7, 11) is 0. The zero-order valence-electron chi connectivity index (χ0n) is 7.88. The van der Waals surface area contributed by atoms with Crippen molar-refractivity contribution in [2.75, 3.05) is 18.9 Å². The third kappa shape index (κ3) is 3.61. The number of ether oxygens (including phenoxy) is 1. The van der Waals surface area contributed by atoms with Crippen LogP contribution in [0.2, 0.25) is 0 Å². The molecule has 0 amide bonds. The van der Waals surface area contributed by atoms with Crippen LogP contribution < -0.4 is 16.2 Å². The predicted octanol–water partition coefficient (Wildman–Crippen LogP) is 0.936. The van der Waals surface area contributed by atoms with E-state index in [-0.39, 0.29) is 23.8 Å². The summed E-state index contributed by atoms with van der Waals surface area (Å²) in [6, 6.07) is 4.28. The molecule has 0 atom stereocenters. The van der Waals surface area contributed by atoms with Crippen LogP contribution in [0.1, 0.15) is 0 Å². The molecule has 7 heteroatoms. The summed E-state index contributed by atoms with van der Waals surface area (Å²) in [5, 5.41) is 10.5. The molecule has 0 unspecified atom stereocenters. The number of hydrogen-bond donors (Lipinski definition) is 2. The maximum atomic E-state index is 10.5. The normalized spacial score (nSPS) is 9.13. The van der Waals surface area contributed by atoms with Gasteiger partial charge >= 0.3 is 0 Å². The molecule has 0 aliphatic carbocycles. The van der Waals surface area contributed by atoms with Gasteiger partial charge in [-0.15, -0.1) is 12.4 Å². The third-order valence-electron chi connectivity index (χ3n) is 1.59. The first-order valence-electron chi connectivity index (χ1n) is 4.02. The molecule has 0 saturated carbocycles. The summed E-state index contributed by atoms with van der Waals surface area (Å²) < 4.78 is 5.12. The van der Waals surface area contributed by atoms with Crippen molar-refractivity contribution in [2.24, 2.45) is 5.73 Å². The molecule has 0 heterocycles. The summed E-state index contributed by atoms with van der Waals surface area (Å²) in [6.07, 6.45) is 0. The fourth-order valence-corrected chi connectivity index (χ4v) is 0.948. The van der Waals surface area contributed by atoms with Crippen LogP contribution in [0.4, 0.5) is 11.4 Å². The van der Waals surface area contributed by atoms with Gasteiger partial charge in [0.05, 0.1) is 11.0 Å². The van der Waals surface area contributed by atoms with Crippen molar-refractivity contribution < 1.29 is 9.66 Å². The van der Waals surface area contributed by atoms with Crippen LogP contribution in [0.25, 0.3) is 0 Å². The smallest absolute Gasteiger partial charge is 0.295 e. The van der Waals surface area contributed by atoms with E-state index in [0.717, 1.165) is 0 Å². The van der Waals surface area contributed by atoms with Crippen molar-refractivity contribution in [2.45, 2.75) is 0 Å². The van der Waals surface area contributed by atoms with Crippen LogP contribution in [-0.2, 0) is 0 Å². The molecule has 0 bridgehead atoms. The van der Waals surface area contributed by atoms with E-state index in [0.29, 0.717) is 18.9 Å². The Balaban J connectivity index is 0.00000196. The molecule has 0 aromatic heterocycles. The lowest BCUT2D eigenvalue weighted by Gasteiger charge is -2.04. The molecular formula is C8H12ClN3O3. The van der Waals surface area contributed by atoms with Crippen molar-refractivity contribution >= 4 is 23.8 Å². The van der Waals surface area contributed by atoms with Gasteiger partial charge in [0, 0.05) is 6.54 Å². The van der Waals surface area contributed by atoms with Gasteiger partial charge in [-0.3, -0.25) is 10.1 Å². The van der Waals surface area contributed by atoms with Crippen molar-refractivity contribution in [3.05, 3.63) is 28.3 Å². The molecule has 6 nitrogen and oxygen atoms in total. The van der Waals surface area contributed by atoms with E-state index >= 15 is 0 Å². The number of nitrogens with two attached hydrogens (primary N) is 2. The molecule has 0 spiro atoms. The number of benzene rings is 1. The van der Waals surface area contributed by atoms with Crippen molar-refractivity contribution in [1.82, 2.24) is 0 Å². The lowest BCUT2D eigenvalue weighted by atomic mass is 10.2. The van der Waals surface area contributed by atoms with Gasteiger partial charge in [0.25, 0.3) is 5.69 Å². The Kier molecular flexibility index (Phi) is 5.43. The second-order valence-electron chi connectivity index (χ2n) is 2.61. The zero-order chi connectivity index (χ0) is 10.6. The highest BCUT2D eigenvalue weighted by molar-refractivity contribution is 5.85. The van der Waals surface area contributed by atoms with Gasteiger partial charge in [0.1, 0.15) is 18.0 Å². The monoisotopic (exact) mass is 233 g/mol. The molecule has 4 N–H and O–H groups in total. The van der Waals surface area contributed by atoms with E-state index in [1.165, 1.54) is 12.1 Å². The molecule has 0 radical (unpaired) electrons. The summed E-state index contributed by atoms with van der Waals surface area (Å²) in [5.74, 6) is 0.399. The first kappa shape index (κ1) is 13.5. The Bertz CT molecular complexity index is 346. The number of nitro benzene ring substituents is 1. The Hall–Kier alpha value is -1.53. The Morgan fingerprint density at radius 2 is 2.13 bits per heavy atom. The minimum absolute atomic E-state index is 0. The van der Waals surface area contributed by atoms with Crippen LogP contribution in [-0.4, -0.2) is 18.1 Å². The number of rotatable bonds is 4. The van der Waals surface area contributed by atoms with E-state index in [2.05, 4.69) is 0 Å². The maximum Gasteiger partial charge on any atom is 0.295 e.